The van der Waals surface area contributed by atoms with E-state index in [1.807, 2.05) is 0 Å². The van der Waals surface area contributed by atoms with Gasteiger partial charge >= 0.3 is 27.9 Å². The Balaban J connectivity index is 0.000000200. The number of halogens is 15. The van der Waals surface area contributed by atoms with Gasteiger partial charge in [-0.05, 0) is 59.3 Å². The normalized spacial score (nSPS) is 11.3. The molecule has 0 aliphatic heterocycles. The summed E-state index contributed by atoms with van der Waals surface area (Å²) >= 11 is 17.1. The third-order valence-corrected chi connectivity index (χ3v) is 12.9. The van der Waals surface area contributed by atoms with E-state index in [4.69, 9.17) is 49.3 Å². The van der Waals surface area contributed by atoms with Gasteiger partial charge in [-0.1, -0.05) is 40.9 Å². The number of methoxy groups -OCH3 is 2. The first-order valence-corrected chi connectivity index (χ1v) is 23.3. The number of nitrogens with zero attached hydrogens (tertiary/aromatic N) is 2. The Morgan fingerprint density at radius 3 is 1.35 bits per heavy atom. The summed E-state index contributed by atoms with van der Waals surface area (Å²) in [7, 11) is -6.83. The number of benzene rings is 6. The first-order valence-electron chi connectivity index (χ1n) is 19.3. The van der Waals surface area contributed by atoms with Crippen LogP contribution in [-0.4, -0.2) is 53.7 Å². The molecule has 0 fully saturated rings. The van der Waals surface area contributed by atoms with E-state index in [1.165, 1.54) is 63.0 Å². The molecule has 0 aliphatic rings. The molecule has 6 aromatic carbocycles. The van der Waals surface area contributed by atoms with Crippen molar-refractivity contribution in [3.63, 3.8) is 0 Å². The van der Waals surface area contributed by atoms with Crippen LogP contribution < -0.4 is 22.5 Å². The van der Waals surface area contributed by atoms with E-state index >= 15 is 0 Å². The molecule has 2 aromatic heterocycles. The van der Waals surface area contributed by atoms with Crippen LogP contribution >= 0.6 is 34.8 Å². The van der Waals surface area contributed by atoms with E-state index in [2.05, 4.69) is 23.0 Å². The third kappa shape index (κ3) is 11.6. The van der Waals surface area contributed by atoms with Crippen molar-refractivity contribution >= 4 is 84.3 Å². The maximum absolute atomic E-state index is 14.1. The first kappa shape index (κ1) is 56.4. The Morgan fingerprint density at radius 1 is 0.486 bits per heavy atom. The molecule has 8 aromatic rings. The highest BCUT2D eigenvalue weighted by Crippen LogP contribution is 2.39. The minimum atomic E-state index is -5.06. The van der Waals surface area contributed by atoms with Crippen molar-refractivity contribution in [2.24, 2.45) is 0 Å². The fourth-order valence-corrected chi connectivity index (χ4v) is 8.61. The molecular weight excluding hydrogens is 1130 g/mol. The fraction of sp³-hybridized carbons (Fsp3) is 0.0455. The van der Waals surface area contributed by atoms with Crippen LogP contribution in [0.3, 0.4) is 0 Å². The molecule has 74 heavy (non-hydrogen) atoms. The molecule has 0 bridgehead atoms. The summed E-state index contributed by atoms with van der Waals surface area (Å²) in [6, 6.07) is 13.8. The molecular formula is C44H21BCl3F12N2O10S2. The van der Waals surface area contributed by atoms with Crippen LogP contribution in [0, 0.1) is 69.8 Å². The highest BCUT2D eigenvalue weighted by atomic mass is 35.5. The number of ether oxygens (including phenoxy) is 2. The molecule has 0 aliphatic carbocycles. The smallest absolute Gasteiger partial charge is 0.535 e. The van der Waals surface area contributed by atoms with Crippen LogP contribution in [0.1, 0.15) is 0 Å². The van der Waals surface area contributed by atoms with Gasteiger partial charge in [0.2, 0.25) is 69.7 Å². The molecule has 12 nitrogen and oxygen atoms in total. The fourth-order valence-electron chi connectivity index (χ4n) is 6.13. The van der Waals surface area contributed by atoms with E-state index in [1.54, 1.807) is 0 Å². The summed E-state index contributed by atoms with van der Waals surface area (Å²) in [5.41, 5.74) is 0.368. The highest BCUT2D eigenvalue weighted by Gasteiger charge is 2.33. The zero-order chi connectivity index (χ0) is 54.7. The maximum Gasteiger partial charge on any atom is 0.569 e. The van der Waals surface area contributed by atoms with Crippen LogP contribution in [0.25, 0.3) is 32.8 Å². The van der Waals surface area contributed by atoms with Gasteiger partial charge in [0.15, 0.2) is 5.75 Å². The number of aromatic nitrogens is 2. The second-order valence-electron chi connectivity index (χ2n) is 14.0. The average molecular weight is 1150 g/mol. The number of pyridine rings is 2. The summed E-state index contributed by atoms with van der Waals surface area (Å²) in [4.78, 5) is 6.71. The molecule has 8 rings (SSSR count). The van der Waals surface area contributed by atoms with Crippen molar-refractivity contribution < 1.29 is 97.0 Å². The van der Waals surface area contributed by atoms with E-state index in [0.29, 0.717) is 23.8 Å². The second kappa shape index (κ2) is 22.7. The summed E-state index contributed by atoms with van der Waals surface area (Å²) in [5.74, 6) is -28.8. The van der Waals surface area contributed by atoms with Gasteiger partial charge < -0.3 is 27.5 Å². The van der Waals surface area contributed by atoms with Gasteiger partial charge in [0.1, 0.15) is 38.1 Å². The van der Waals surface area contributed by atoms with E-state index in [0.717, 1.165) is 36.4 Å². The van der Waals surface area contributed by atoms with Gasteiger partial charge in [-0.15, -0.1) is 0 Å². The van der Waals surface area contributed by atoms with Crippen LogP contribution in [0.2, 0.25) is 15.2 Å². The standard InChI is InChI=1S/C22H10ClF6NO4S.C15H5ClF5NO3S.C7H6BClFO3/c1-33-15-8-13(23)14(24)7-12(15)21-11-3-2-10(6-9(11)4-5-30-21)35(31,32)34-22-19(28)17(26)16(25)18(27)20(22)29;16-15-8-2-1-7(5-6(8)3-4-22-15)26(23,24)25-14-12(20)10(18)9(17)11(19)13(14)21;1-12-6-2-4(9)5(10)3-7(6)13-8-11/h2-8H,1H3;1-5H;2-3,11H,1H3. The molecule has 0 saturated carbocycles. The summed E-state index contributed by atoms with van der Waals surface area (Å²) < 4.78 is 234. The lowest BCUT2D eigenvalue weighted by Gasteiger charge is -2.13. The number of rotatable bonds is 11. The quantitative estimate of drug-likeness (QED) is 0.0326. The van der Waals surface area contributed by atoms with Crippen molar-refractivity contribution in [3.8, 4) is 40.0 Å². The van der Waals surface area contributed by atoms with Crippen molar-refractivity contribution in [1.29, 1.82) is 0 Å². The Hall–Kier alpha value is -6.91. The summed E-state index contributed by atoms with van der Waals surface area (Å²) in [5, 5.41) is 9.33. The van der Waals surface area contributed by atoms with Crippen LogP contribution in [-0.2, 0) is 20.2 Å². The van der Waals surface area contributed by atoms with Crippen LogP contribution in [0.15, 0.2) is 95.0 Å². The molecule has 1 N–H and O–H groups in total. The Kier molecular flexibility index (Phi) is 17.3. The van der Waals surface area contributed by atoms with E-state index in [9.17, 15) is 69.5 Å². The first-order chi connectivity index (χ1) is 34.8. The van der Waals surface area contributed by atoms with Gasteiger partial charge in [-0.2, -0.15) is 34.4 Å². The van der Waals surface area contributed by atoms with Gasteiger partial charge in [0, 0.05) is 46.9 Å². The lowest BCUT2D eigenvalue weighted by atomic mass is 10.0. The van der Waals surface area contributed by atoms with Crippen molar-refractivity contribution in [2.45, 2.75) is 9.79 Å². The zero-order valence-electron chi connectivity index (χ0n) is 36.2. The minimum absolute atomic E-state index is 0.0619. The maximum atomic E-state index is 14.1. The monoisotopic (exact) mass is 1140 g/mol. The molecule has 0 atom stereocenters. The predicted octanol–water partition coefficient (Wildman–Crippen LogP) is 11.9. The number of hydrogen-bond acceptors (Lipinski definition) is 12. The third-order valence-electron chi connectivity index (χ3n) is 9.61. The lowest BCUT2D eigenvalue weighted by molar-refractivity contribution is 0.346. The Labute approximate surface area is 423 Å². The lowest BCUT2D eigenvalue weighted by Crippen LogP contribution is -2.14. The number of hydrogen-bond donors (Lipinski definition) is 1. The molecule has 2 heterocycles. The number of fused-ring (bicyclic) bond motifs is 2. The largest absolute Gasteiger partial charge is 0.569 e. The van der Waals surface area contributed by atoms with Crippen molar-refractivity contribution in [1.82, 2.24) is 9.97 Å². The SMILES string of the molecule is COc1cc(Cl)c(F)cc1-c1nccc2cc(S(=O)(=O)Oc3c(F)c(F)c(F)c(F)c3F)ccc12.COc1cc(Cl)c(F)cc1O[B]O.O=S(=O)(Oc1c(F)c(F)c(F)c(F)c1F)c1ccc2c(Cl)nccc2c1. The zero-order valence-corrected chi connectivity index (χ0v) is 40.1. The molecule has 0 unspecified atom stereocenters. The van der Waals surface area contributed by atoms with Gasteiger partial charge in [-0.3, -0.25) is 4.98 Å². The van der Waals surface area contributed by atoms with E-state index in [-0.39, 0.29) is 49.1 Å². The van der Waals surface area contributed by atoms with Gasteiger partial charge in [0.25, 0.3) is 0 Å². The Morgan fingerprint density at radius 2 is 0.892 bits per heavy atom. The minimum Gasteiger partial charge on any atom is -0.535 e. The van der Waals surface area contributed by atoms with Crippen LogP contribution in [0.4, 0.5) is 52.7 Å². The van der Waals surface area contributed by atoms with Crippen molar-refractivity contribution in [2.75, 3.05) is 14.2 Å². The molecule has 0 spiro atoms. The molecule has 1 radical (unpaired) electrons. The predicted molar refractivity (Wildman–Crippen MR) is 240 cm³/mol. The Bertz CT molecular complexity index is 3710. The highest BCUT2D eigenvalue weighted by molar-refractivity contribution is 7.87. The average Bonchev–Trinajstić information content (AvgIpc) is 3.38. The molecule has 387 valence electrons. The van der Waals surface area contributed by atoms with E-state index < -0.39 is 111 Å². The topological polar surface area (TPSA) is 160 Å². The molecule has 30 heteroatoms. The van der Waals surface area contributed by atoms with Crippen LogP contribution in [0.5, 0.6) is 28.7 Å². The second-order valence-corrected chi connectivity index (χ2v) is 18.3. The molecule has 0 saturated heterocycles. The van der Waals surface area contributed by atoms with Crippen molar-refractivity contribution in [3.05, 3.63) is 170 Å². The van der Waals surface area contributed by atoms with Gasteiger partial charge in [-0.25, -0.2) is 40.1 Å². The summed E-state index contributed by atoms with van der Waals surface area (Å²) in [6.45, 7) is 0. The van der Waals surface area contributed by atoms with Gasteiger partial charge in [0.05, 0.1) is 30.0 Å². The summed E-state index contributed by atoms with van der Waals surface area (Å²) in [6.07, 6.45) is 2.55. The molecule has 0 amide bonds.